The second-order valence-corrected chi connectivity index (χ2v) is 6.55. The van der Waals surface area contributed by atoms with Crippen LogP contribution in [0.25, 0.3) is 0 Å². The quantitative estimate of drug-likeness (QED) is 0.686. The summed E-state index contributed by atoms with van der Waals surface area (Å²) in [5.41, 5.74) is 6.85. The maximum atomic E-state index is 12.5. The largest absolute Gasteiger partial charge is 0.379 e. The molecule has 3 rings (SSSR count). The number of nitrogens with one attached hydrogen (secondary N) is 3. The van der Waals surface area contributed by atoms with Gasteiger partial charge in [0.2, 0.25) is 5.91 Å². The van der Waals surface area contributed by atoms with Gasteiger partial charge in [-0.3, -0.25) is 9.59 Å². The third-order valence-electron chi connectivity index (χ3n) is 4.65. The van der Waals surface area contributed by atoms with Crippen molar-refractivity contribution in [2.75, 3.05) is 13.2 Å². The second-order valence-electron chi connectivity index (χ2n) is 6.55. The molecule has 0 radical (unpaired) electrons. The lowest BCUT2D eigenvalue weighted by atomic mass is 10.0. The maximum Gasteiger partial charge on any atom is 0.238 e. The minimum Gasteiger partial charge on any atom is -0.379 e. The van der Waals surface area contributed by atoms with E-state index in [0.717, 1.165) is 5.56 Å². The molecule has 1 aromatic rings. The summed E-state index contributed by atoms with van der Waals surface area (Å²) in [5.74, 6) is -0.0885. The van der Waals surface area contributed by atoms with Crippen molar-refractivity contribution in [1.29, 1.82) is 0 Å². The minimum atomic E-state index is -0.411. The number of carbonyl (C=O) groups excluding carboxylic acids is 2. The Labute approximate surface area is 147 Å². The zero-order valence-electron chi connectivity index (χ0n) is 14.4. The van der Waals surface area contributed by atoms with Gasteiger partial charge in [0.25, 0.3) is 0 Å². The average molecular weight is 347 g/mol. The molecule has 136 valence electrons. The molecule has 2 aliphatic heterocycles. The Morgan fingerprint density at radius 3 is 2.72 bits per heavy atom. The lowest BCUT2D eigenvalue weighted by Gasteiger charge is -2.32. The van der Waals surface area contributed by atoms with Crippen LogP contribution in [0, 0.1) is 0 Å². The number of hydrogen-bond donors (Lipinski definition) is 3. The first-order valence-electron chi connectivity index (χ1n) is 8.68. The summed E-state index contributed by atoms with van der Waals surface area (Å²) in [6.07, 6.45) is 0.984. The molecule has 4 atom stereocenters. The van der Waals surface area contributed by atoms with Crippen molar-refractivity contribution >= 4 is 11.7 Å². The smallest absolute Gasteiger partial charge is 0.238 e. The molecule has 0 aromatic heterocycles. The molecular formula is C18H25N3O4. The van der Waals surface area contributed by atoms with Gasteiger partial charge in [-0.05, 0) is 25.3 Å². The highest BCUT2D eigenvalue weighted by Crippen LogP contribution is 2.15. The van der Waals surface area contributed by atoms with E-state index in [1.807, 2.05) is 30.3 Å². The fourth-order valence-electron chi connectivity index (χ4n) is 3.10. The van der Waals surface area contributed by atoms with Gasteiger partial charge in [0.15, 0.2) is 0 Å². The van der Waals surface area contributed by atoms with E-state index in [9.17, 15) is 9.59 Å². The van der Waals surface area contributed by atoms with Crippen LogP contribution in [0.5, 0.6) is 0 Å². The van der Waals surface area contributed by atoms with Crippen LogP contribution in [-0.4, -0.2) is 49.1 Å². The van der Waals surface area contributed by atoms with Crippen molar-refractivity contribution in [3.63, 3.8) is 0 Å². The van der Waals surface area contributed by atoms with E-state index >= 15 is 0 Å². The van der Waals surface area contributed by atoms with Gasteiger partial charge < -0.3 is 14.8 Å². The number of benzene rings is 1. The number of Topliss-reactive ketones (excluding diaryl/α,β-unsaturated/α-hetero) is 1. The zero-order valence-corrected chi connectivity index (χ0v) is 14.4. The molecule has 0 aliphatic carbocycles. The van der Waals surface area contributed by atoms with Gasteiger partial charge in [0, 0.05) is 6.61 Å². The van der Waals surface area contributed by atoms with Crippen LogP contribution in [0.15, 0.2) is 30.3 Å². The van der Waals surface area contributed by atoms with Crippen molar-refractivity contribution < 1.29 is 19.1 Å². The summed E-state index contributed by atoms with van der Waals surface area (Å²) in [6, 6.07) is 9.11. The van der Waals surface area contributed by atoms with Gasteiger partial charge in [0.1, 0.15) is 17.9 Å². The molecule has 7 heteroatoms. The average Bonchev–Trinajstić information content (AvgIpc) is 3.12. The fourth-order valence-corrected chi connectivity index (χ4v) is 3.10. The van der Waals surface area contributed by atoms with Crippen molar-refractivity contribution in [2.45, 2.75) is 50.6 Å². The van der Waals surface area contributed by atoms with Crippen LogP contribution in [0.4, 0.5) is 0 Å². The first-order chi connectivity index (χ1) is 12.1. The van der Waals surface area contributed by atoms with Gasteiger partial charge in [-0.15, -0.1) is 0 Å². The van der Waals surface area contributed by atoms with Crippen LogP contribution in [0.1, 0.15) is 25.3 Å². The molecule has 0 spiro atoms. The second kappa shape index (κ2) is 8.53. The molecule has 25 heavy (non-hydrogen) atoms. The van der Waals surface area contributed by atoms with Gasteiger partial charge in [0.05, 0.1) is 25.3 Å². The summed E-state index contributed by atoms with van der Waals surface area (Å²) >= 11 is 0. The standard InChI is InChI=1S/C18H25N3O4/c1-12(22)15-9-16(21-20-15)18(23)19-14-7-8-24-11-17(14)25-10-13-5-3-2-4-6-13/h2-6,14-17,20-21H,7-11H2,1H3,(H,19,23)/t14-,15?,16?,17-/m1/s1. The van der Waals surface area contributed by atoms with Gasteiger partial charge in [-0.25, -0.2) is 10.9 Å². The summed E-state index contributed by atoms with van der Waals surface area (Å²) in [6.45, 7) is 3.06. The van der Waals surface area contributed by atoms with Crippen molar-refractivity contribution in [1.82, 2.24) is 16.2 Å². The van der Waals surface area contributed by atoms with E-state index in [2.05, 4.69) is 16.2 Å². The molecule has 3 N–H and O–H groups in total. The SMILES string of the molecule is CC(=O)C1CC(C(=O)N[C@@H]2CCOC[C@H]2OCc2ccccc2)NN1. The number of carbonyl (C=O) groups is 2. The molecule has 0 bridgehead atoms. The molecule has 2 aliphatic rings. The first kappa shape index (κ1) is 18.0. The highest BCUT2D eigenvalue weighted by molar-refractivity contribution is 5.86. The number of ether oxygens (including phenoxy) is 2. The molecule has 1 aromatic carbocycles. The van der Waals surface area contributed by atoms with E-state index in [-0.39, 0.29) is 29.9 Å². The molecule has 1 amide bonds. The highest BCUT2D eigenvalue weighted by atomic mass is 16.5. The van der Waals surface area contributed by atoms with E-state index in [1.54, 1.807) is 0 Å². The van der Waals surface area contributed by atoms with Crippen molar-refractivity contribution in [3.05, 3.63) is 35.9 Å². The predicted molar refractivity (Wildman–Crippen MR) is 91.5 cm³/mol. The number of hydrogen-bond acceptors (Lipinski definition) is 6. The Hall–Kier alpha value is -1.80. The molecular weight excluding hydrogens is 322 g/mol. The normalized spacial score (nSPS) is 29.3. The molecule has 2 heterocycles. The third kappa shape index (κ3) is 4.85. The Balaban J connectivity index is 1.52. The summed E-state index contributed by atoms with van der Waals surface area (Å²) < 4.78 is 11.5. The van der Waals surface area contributed by atoms with Crippen LogP contribution in [0.3, 0.4) is 0 Å². The van der Waals surface area contributed by atoms with Gasteiger partial charge >= 0.3 is 0 Å². The summed E-state index contributed by atoms with van der Waals surface area (Å²) in [7, 11) is 0. The van der Waals surface area contributed by atoms with Gasteiger partial charge in [-0.2, -0.15) is 0 Å². The number of rotatable bonds is 6. The number of hydrazine groups is 1. The van der Waals surface area contributed by atoms with Gasteiger partial charge in [-0.1, -0.05) is 30.3 Å². The fraction of sp³-hybridized carbons (Fsp3) is 0.556. The lowest BCUT2D eigenvalue weighted by Crippen LogP contribution is -2.54. The maximum absolute atomic E-state index is 12.5. The van der Waals surface area contributed by atoms with Crippen LogP contribution in [0.2, 0.25) is 0 Å². The van der Waals surface area contributed by atoms with Crippen molar-refractivity contribution in [2.24, 2.45) is 0 Å². The summed E-state index contributed by atoms with van der Waals surface area (Å²) in [5, 5.41) is 3.05. The Kier molecular flexibility index (Phi) is 6.14. The first-order valence-corrected chi connectivity index (χ1v) is 8.68. The number of ketones is 1. The van der Waals surface area contributed by atoms with Crippen LogP contribution in [-0.2, 0) is 25.7 Å². The highest BCUT2D eigenvalue weighted by Gasteiger charge is 2.35. The molecule has 7 nitrogen and oxygen atoms in total. The molecule has 2 fully saturated rings. The molecule has 2 saturated heterocycles. The number of amides is 1. The van der Waals surface area contributed by atoms with Crippen LogP contribution < -0.4 is 16.2 Å². The lowest BCUT2D eigenvalue weighted by molar-refractivity contribution is -0.128. The van der Waals surface area contributed by atoms with Crippen LogP contribution >= 0.6 is 0 Å². The monoisotopic (exact) mass is 347 g/mol. The Bertz CT molecular complexity index is 595. The summed E-state index contributed by atoms with van der Waals surface area (Å²) in [4.78, 5) is 23.9. The van der Waals surface area contributed by atoms with E-state index in [1.165, 1.54) is 6.92 Å². The molecule has 0 saturated carbocycles. The topological polar surface area (TPSA) is 88.7 Å². The predicted octanol–water partition coefficient (Wildman–Crippen LogP) is 0.301. The molecule has 2 unspecified atom stereocenters. The Morgan fingerprint density at radius 2 is 2.00 bits per heavy atom. The Morgan fingerprint density at radius 1 is 1.24 bits per heavy atom. The minimum absolute atomic E-state index is 0.0259. The zero-order chi connectivity index (χ0) is 17.6. The van der Waals surface area contributed by atoms with E-state index in [4.69, 9.17) is 9.47 Å². The van der Waals surface area contributed by atoms with Crippen molar-refractivity contribution in [3.8, 4) is 0 Å². The van der Waals surface area contributed by atoms with E-state index in [0.29, 0.717) is 32.7 Å². The van der Waals surface area contributed by atoms with E-state index < -0.39 is 6.04 Å². The third-order valence-corrected chi connectivity index (χ3v) is 4.65.